The smallest absolute Gasteiger partial charge is 0.129 e. The van der Waals surface area contributed by atoms with Crippen LogP contribution in [0.1, 0.15) is 57.9 Å². The molecule has 0 saturated heterocycles. The fourth-order valence-electron chi connectivity index (χ4n) is 3.76. The van der Waals surface area contributed by atoms with E-state index >= 15 is 0 Å². The minimum atomic E-state index is -0.525. The van der Waals surface area contributed by atoms with E-state index in [0.29, 0.717) is 23.4 Å². The maximum absolute atomic E-state index is 14.0. The first-order valence-electron chi connectivity index (χ1n) is 7.98. The Hall–Kier alpha value is -0.960. The minimum absolute atomic E-state index is 0.00604. The summed E-state index contributed by atoms with van der Waals surface area (Å²) in [5, 5.41) is 0. The van der Waals surface area contributed by atoms with Gasteiger partial charge in [-0.2, -0.15) is 0 Å². The molecule has 118 valence electrons. The van der Waals surface area contributed by atoms with Crippen molar-refractivity contribution in [3.05, 3.63) is 35.4 Å². The fourth-order valence-corrected chi connectivity index (χ4v) is 3.76. The summed E-state index contributed by atoms with van der Waals surface area (Å²) in [5.41, 5.74) is 6.82. The maximum Gasteiger partial charge on any atom is 0.129 e. The summed E-state index contributed by atoms with van der Waals surface area (Å²) in [6, 6.07) is 3.87. The maximum atomic E-state index is 14.0. The van der Waals surface area contributed by atoms with Crippen molar-refractivity contribution in [3.8, 4) is 0 Å². The van der Waals surface area contributed by atoms with Crippen molar-refractivity contribution in [2.45, 2.75) is 52.4 Å². The Morgan fingerprint density at radius 1 is 1.14 bits per heavy atom. The molecule has 1 saturated carbocycles. The molecule has 0 amide bonds. The average Bonchev–Trinajstić information content (AvgIpc) is 2.41. The van der Waals surface area contributed by atoms with E-state index in [9.17, 15) is 8.78 Å². The quantitative estimate of drug-likeness (QED) is 0.846. The second kappa shape index (κ2) is 6.43. The topological polar surface area (TPSA) is 26.0 Å². The highest BCUT2D eigenvalue weighted by Crippen LogP contribution is 2.44. The predicted molar refractivity (Wildman–Crippen MR) is 83.1 cm³/mol. The first-order valence-corrected chi connectivity index (χ1v) is 7.98. The Bertz CT molecular complexity index is 471. The Morgan fingerprint density at radius 3 is 2.24 bits per heavy atom. The van der Waals surface area contributed by atoms with Crippen LogP contribution < -0.4 is 5.73 Å². The predicted octanol–water partition coefficient (Wildman–Crippen LogP) is 4.86. The highest BCUT2D eigenvalue weighted by atomic mass is 19.1. The lowest BCUT2D eigenvalue weighted by molar-refractivity contribution is 0.139. The summed E-state index contributed by atoms with van der Waals surface area (Å²) in [5.74, 6) is 0.164. The first-order chi connectivity index (χ1) is 9.82. The standard InChI is InChI=1S/C18H27F2N/c1-18(2,3)13-6-4-12(5-7-13)16(11-21)15-9-8-14(19)10-17(15)20/h8-10,12-13,16H,4-7,11,21H2,1-3H3. The normalized spacial score (nSPS) is 24.9. The number of nitrogens with two attached hydrogens (primary N) is 1. The van der Waals surface area contributed by atoms with Crippen molar-refractivity contribution in [3.63, 3.8) is 0 Å². The largest absolute Gasteiger partial charge is 0.330 e. The van der Waals surface area contributed by atoms with E-state index in [0.717, 1.165) is 24.8 Å². The highest BCUT2D eigenvalue weighted by molar-refractivity contribution is 5.24. The third-order valence-corrected chi connectivity index (χ3v) is 5.18. The van der Waals surface area contributed by atoms with Gasteiger partial charge in [0.2, 0.25) is 0 Å². The molecule has 0 bridgehead atoms. The number of halogens is 2. The molecule has 1 aromatic rings. The number of rotatable bonds is 3. The van der Waals surface area contributed by atoms with Crippen LogP contribution >= 0.6 is 0 Å². The zero-order chi connectivity index (χ0) is 15.6. The van der Waals surface area contributed by atoms with Gasteiger partial charge in [0.25, 0.3) is 0 Å². The van der Waals surface area contributed by atoms with Crippen molar-refractivity contribution in [2.24, 2.45) is 23.0 Å². The van der Waals surface area contributed by atoms with Crippen molar-refractivity contribution >= 4 is 0 Å². The molecule has 1 unspecified atom stereocenters. The molecule has 0 aromatic heterocycles. The van der Waals surface area contributed by atoms with Crippen LogP contribution in [-0.4, -0.2) is 6.54 Å². The van der Waals surface area contributed by atoms with E-state index in [4.69, 9.17) is 5.73 Å². The van der Waals surface area contributed by atoms with E-state index in [2.05, 4.69) is 20.8 Å². The summed E-state index contributed by atoms with van der Waals surface area (Å²) in [6.45, 7) is 7.29. The van der Waals surface area contributed by atoms with Gasteiger partial charge in [-0.25, -0.2) is 8.78 Å². The molecule has 2 N–H and O–H groups in total. The van der Waals surface area contributed by atoms with Gasteiger partial charge < -0.3 is 5.73 Å². The minimum Gasteiger partial charge on any atom is -0.330 e. The van der Waals surface area contributed by atoms with E-state index < -0.39 is 11.6 Å². The Kier molecular flexibility index (Phi) is 5.03. The summed E-state index contributed by atoms with van der Waals surface area (Å²) in [7, 11) is 0. The zero-order valence-electron chi connectivity index (χ0n) is 13.3. The van der Waals surface area contributed by atoms with Crippen LogP contribution in [0.15, 0.2) is 18.2 Å². The Labute approximate surface area is 126 Å². The van der Waals surface area contributed by atoms with Gasteiger partial charge in [-0.05, 0) is 61.1 Å². The molecular formula is C18H27F2N. The van der Waals surface area contributed by atoms with Crippen LogP contribution in [0.2, 0.25) is 0 Å². The molecule has 1 aliphatic carbocycles. The number of hydrogen-bond acceptors (Lipinski definition) is 1. The van der Waals surface area contributed by atoms with Crippen LogP contribution in [0.5, 0.6) is 0 Å². The van der Waals surface area contributed by atoms with Gasteiger partial charge in [0.1, 0.15) is 11.6 Å². The van der Waals surface area contributed by atoms with Gasteiger partial charge in [-0.15, -0.1) is 0 Å². The van der Waals surface area contributed by atoms with E-state index in [-0.39, 0.29) is 5.92 Å². The van der Waals surface area contributed by atoms with E-state index in [1.54, 1.807) is 6.07 Å². The Balaban J connectivity index is 2.09. The summed E-state index contributed by atoms with van der Waals surface area (Å²) in [4.78, 5) is 0. The molecule has 0 spiro atoms. The lowest BCUT2D eigenvalue weighted by Crippen LogP contribution is -2.30. The van der Waals surface area contributed by atoms with Crippen LogP contribution in [0, 0.1) is 28.9 Å². The molecule has 0 radical (unpaired) electrons. The average molecular weight is 295 g/mol. The van der Waals surface area contributed by atoms with Gasteiger partial charge in [-0.1, -0.05) is 26.8 Å². The fraction of sp³-hybridized carbons (Fsp3) is 0.667. The van der Waals surface area contributed by atoms with Crippen molar-refractivity contribution < 1.29 is 8.78 Å². The molecular weight excluding hydrogens is 268 g/mol. The van der Waals surface area contributed by atoms with Gasteiger partial charge in [0, 0.05) is 12.0 Å². The van der Waals surface area contributed by atoms with Crippen molar-refractivity contribution in [2.75, 3.05) is 6.54 Å². The van der Waals surface area contributed by atoms with E-state index in [1.807, 2.05) is 0 Å². The molecule has 1 nitrogen and oxygen atoms in total. The van der Waals surface area contributed by atoms with Gasteiger partial charge in [0.15, 0.2) is 0 Å². The highest BCUT2D eigenvalue weighted by Gasteiger charge is 2.33. The van der Waals surface area contributed by atoms with Crippen LogP contribution in [0.4, 0.5) is 8.78 Å². The van der Waals surface area contributed by atoms with Gasteiger partial charge in [-0.3, -0.25) is 0 Å². The zero-order valence-corrected chi connectivity index (χ0v) is 13.3. The molecule has 1 aliphatic rings. The summed E-state index contributed by atoms with van der Waals surface area (Å²) >= 11 is 0. The molecule has 2 rings (SSSR count). The molecule has 1 aromatic carbocycles. The number of benzene rings is 1. The molecule has 1 fully saturated rings. The SMILES string of the molecule is CC(C)(C)C1CCC(C(CN)c2ccc(F)cc2F)CC1. The molecule has 0 heterocycles. The van der Waals surface area contributed by atoms with Crippen molar-refractivity contribution in [1.82, 2.24) is 0 Å². The second-order valence-corrected chi connectivity index (χ2v) is 7.49. The summed E-state index contributed by atoms with van der Waals surface area (Å²) < 4.78 is 27.1. The lowest BCUT2D eigenvalue weighted by Gasteiger charge is -2.39. The van der Waals surface area contributed by atoms with Gasteiger partial charge in [0.05, 0.1) is 0 Å². The van der Waals surface area contributed by atoms with Crippen LogP contribution in [0.3, 0.4) is 0 Å². The third-order valence-electron chi connectivity index (χ3n) is 5.18. The molecule has 0 aliphatic heterocycles. The van der Waals surface area contributed by atoms with Gasteiger partial charge >= 0.3 is 0 Å². The molecule has 1 atom stereocenters. The summed E-state index contributed by atoms with van der Waals surface area (Å²) in [6.07, 6.45) is 4.52. The Morgan fingerprint density at radius 2 is 1.76 bits per heavy atom. The lowest BCUT2D eigenvalue weighted by atomic mass is 9.66. The third kappa shape index (κ3) is 3.82. The second-order valence-electron chi connectivity index (χ2n) is 7.49. The molecule has 3 heteroatoms. The molecule has 21 heavy (non-hydrogen) atoms. The monoisotopic (exact) mass is 295 g/mol. The van der Waals surface area contributed by atoms with E-state index in [1.165, 1.54) is 18.9 Å². The first kappa shape index (κ1) is 16.4. The van der Waals surface area contributed by atoms with Crippen molar-refractivity contribution in [1.29, 1.82) is 0 Å². The van der Waals surface area contributed by atoms with Crippen LogP contribution in [-0.2, 0) is 0 Å². The number of hydrogen-bond donors (Lipinski definition) is 1. The van der Waals surface area contributed by atoms with Crippen LogP contribution in [0.25, 0.3) is 0 Å².